The van der Waals surface area contributed by atoms with Gasteiger partial charge in [0.2, 0.25) is 0 Å². The van der Waals surface area contributed by atoms with Gasteiger partial charge in [0.15, 0.2) is 0 Å². The molecule has 1 heterocycles. The number of halogens is 2. The number of fused-ring (bicyclic) bond motifs is 4. The minimum atomic E-state index is -0.826. The molecular weight excluding hydrogens is 611 g/mol. The maximum absolute atomic E-state index is 4.93. The Morgan fingerprint density at radius 2 is 1.54 bits per heavy atom. The van der Waals surface area contributed by atoms with Crippen LogP contribution in [-0.4, -0.2) is 9.52 Å². The minimum absolute atomic E-state index is 0.187. The quantitative estimate of drug-likeness (QED) is 0.133. The van der Waals surface area contributed by atoms with E-state index in [1.54, 1.807) is 0 Å². The summed E-state index contributed by atoms with van der Waals surface area (Å²) in [6, 6.07) is 36.4. The molecule has 0 nitrogen and oxygen atoms in total. The molecule has 1 aliphatic rings. The van der Waals surface area contributed by atoms with E-state index in [-0.39, 0.29) is 5.41 Å². The van der Waals surface area contributed by atoms with E-state index in [1.165, 1.54) is 66.5 Å². The molecule has 4 heteroatoms. The molecule has 39 heavy (non-hydrogen) atoms. The molecule has 6 rings (SSSR count). The van der Waals surface area contributed by atoms with Crippen LogP contribution in [0.2, 0.25) is 0 Å². The van der Waals surface area contributed by atoms with Crippen LogP contribution in [0.3, 0.4) is 0 Å². The molecule has 0 aromatic heterocycles. The van der Waals surface area contributed by atoms with Gasteiger partial charge in [-0.2, -0.15) is 35.5 Å². The third-order valence-electron chi connectivity index (χ3n) is 7.11. The van der Waals surface area contributed by atoms with Crippen molar-refractivity contribution in [1.82, 2.24) is 0 Å². The van der Waals surface area contributed by atoms with Crippen molar-refractivity contribution in [2.24, 2.45) is 0 Å². The van der Waals surface area contributed by atoms with Crippen LogP contribution in [0, 0.1) is 13.0 Å². The number of benzene rings is 4. The van der Waals surface area contributed by atoms with Crippen molar-refractivity contribution in [2.45, 2.75) is 52.9 Å². The van der Waals surface area contributed by atoms with Crippen LogP contribution in [0.25, 0.3) is 33.0 Å². The van der Waals surface area contributed by atoms with Crippen molar-refractivity contribution < 1.29 is 20.8 Å². The van der Waals surface area contributed by atoms with E-state index in [0.29, 0.717) is 0 Å². The zero-order valence-corrected chi connectivity index (χ0v) is 28.3. The van der Waals surface area contributed by atoms with Gasteiger partial charge in [-0.05, 0) is 29.9 Å². The molecule has 0 saturated heterocycles. The molecule has 196 valence electrons. The number of hydrogen-bond donors (Lipinski definition) is 0. The number of hydrogen-bond acceptors (Lipinski definition) is 0. The van der Waals surface area contributed by atoms with E-state index in [0.717, 1.165) is 15.9 Å². The van der Waals surface area contributed by atoms with Crippen molar-refractivity contribution in [3.8, 4) is 22.3 Å². The number of aryl methyl sites for hydroxylation is 2. The maximum Gasteiger partial charge on any atom is 0.0920 e. The minimum Gasteiger partial charge on any atom is -0.184 e. The van der Waals surface area contributed by atoms with Gasteiger partial charge < -0.3 is 0 Å². The summed E-state index contributed by atoms with van der Waals surface area (Å²) in [6.07, 6.45) is 2.31. The number of rotatable bonds is 3. The fourth-order valence-corrected chi connectivity index (χ4v) is 6.45. The molecule has 0 bridgehead atoms. The molecule has 0 atom stereocenters. The molecule has 0 unspecified atom stereocenters. The molecule has 0 saturated carbocycles. The fraction of sp³-hybridized carbons (Fsp3) is 0.229. The van der Waals surface area contributed by atoms with Gasteiger partial charge in [-0.25, -0.2) is 0 Å². The van der Waals surface area contributed by atoms with E-state index in [4.69, 9.17) is 17.0 Å². The molecule has 1 aliphatic heterocycles. The first kappa shape index (κ1) is 30.1. The van der Waals surface area contributed by atoms with Gasteiger partial charge in [0.1, 0.15) is 0 Å². The summed E-state index contributed by atoms with van der Waals surface area (Å²) in [5, 5.41) is 5.60. The van der Waals surface area contributed by atoms with Gasteiger partial charge in [0.25, 0.3) is 0 Å². The summed E-state index contributed by atoms with van der Waals surface area (Å²) in [4.78, 5) is 0. The summed E-state index contributed by atoms with van der Waals surface area (Å²) >= 11 is -0.826. The zero-order chi connectivity index (χ0) is 28.0. The predicted molar refractivity (Wildman–Crippen MR) is 170 cm³/mol. The van der Waals surface area contributed by atoms with E-state index in [1.807, 2.05) is 6.07 Å². The molecule has 0 fully saturated rings. The van der Waals surface area contributed by atoms with Gasteiger partial charge in [0.05, 0.1) is 9.52 Å². The van der Waals surface area contributed by atoms with Crippen molar-refractivity contribution in [1.29, 1.82) is 0 Å². The van der Waals surface area contributed by atoms with Crippen LogP contribution in [0.4, 0.5) is 0 Å². The molecule has 2 radical (unpaired) electrons. The van der Waals surface area contributed by atoms with Gasteiger partial charge in [0, 0.05) is 0 Å². The van der Waals surface area contributed by atoms with E-state index >= 15 is 0 Å². The van der Waals surface area contributed by atoms with Crippen LogP contribution in [-0.2, 0) is 32.7 Å². The Hall–Kier alpha value is -1.83. The van der Waals surface area contributed by atoms with Gasteiger partial charge >= 0.3 is 37.9 Å². The van der Waals surface area contributed by atoms with Crippen molar-refractivity contribution in [3.63, 3.8) is 0 Å². The largest absolute Gasteiger partial charge is 0.184 e. The summed E-state index contributed by atoms with van der Waals surface area (Å²) < 4.78 is 0. The maximum atomic E-state index is 4.93. The third-order valence-corrected chi connectivity index (χ3v) is 8.48. The third kappa shape index (κ3) is 7.09. The average Bonchev–Trinajstić information content (AvgIpc) is 3.52. The second kappa shape index (κ2) is 13.7. The Morgan fingerprint density at radius 1 is 0.872 bits per heavy atom. The zero-order valence-electron chi connectivity index (χ0n) is 23.3. The SMILES string of the molecule is CCCc1ccc2[cH-]c(C(C)(C)C)cc2c1-c1ccccc1C.[Cl][Zr+2][Cl].[c-]1cccc2c1[Si]c1ccccc1-2. The Balaban J connectivity index is 0.000000184. The molecule has 0 amide bonds. The summed E-state index contributed by atoms with van der Waals surface area (Å²) in [7, 11) is 10.7. The van der Waals surface area contributed by atoms with Crippen LogP contribution < -0.4 is 10.4 Å². The Labute approximate surface area is 255 Å². The molecule has 0 aliphatic carbocycles. The van der Waals surface area contributed by atoms with Crippen LogP contribution >= 0.6 is 17.0 Å². The van der Waals surface area contributed by atoms with E-state index in [9.17, 15) is 0 Å². The van der Waals surface area contributed by atoms with Crippen LogP contribution in [0.15, 0.2) is 91.0 Å². The Bertz CT molecular complexity index is 1500. The van der Waals surface area contributed by atoms with Gasteiger partial charge in [-0.3, -0.25) is 0 Å². The normalized spacial score (nSPS) is 11.5. The van der Waals surface area contributed by atoms with Gasteiger partial charge in [-0.1, -0.05) is 105 Å². The van der Waals surface area contributed by atoms with Gasteiger partial charge in [-0.15, -0.1) is 40.1 Å². The predicted octanol–water partition coefficient (Wildman–Crippen LogP) is 9.28. The first-order chi connectivity index (χ1) is 18.8. The average molecular weight is 645 g/mol. The monoisotopic (exact) mass is 642 g/mol. The first-order valence-electron chi connectivity index (χ1n) is 13.4. The van der Waals surface area contributed by atoms with Crippen molar-refractivity contribution in [3.05, 3.63) is 114 Å². The molecule has 5 aromatic carbocycles. The fourth-order valence-electron chi connectivity index (χ4n) is 5.14. The summed E-state index contributed by atoms with van der Waals surface area (Å²) in [5.74, 6) is 0. The van der Waals surface area contributed by atoms with E-state index < -0.39 is 20.8 Å². The topological polar surface area (TPSA) is 0 Å². The molecule has 0 spiro atoms. The smallest absolute Gasteiger partial charge is 0.0920 e. The van der Waals surface area contributed by atoms with Crippen LogP contribution in [0.1, 0.15) is 50.8 Å². The molecular formula is C35H34Cl2SiZr. The van der Waals surface area contributed by atoms with E-state index in [2.05, 4.69) is 126 Å². The molecule has 5 aromatic rings. The first-order valence-corrected chi connectivity index (χ1v) is 20.7. The standard InChI is InChI=1S/C23H27.C12H7Si.2ClH.Zr/c1-6-9-17-12-13-18-14-19(23(3,4)5)15-21(18)22(17)20-11-8-7-10-16(20)2;1-3-7-11-9(5-1)10-6-2-4-8-12(10)13-11;;;/h7-8,10-15H,6,9H2,1-5H3;1-7H;2*1H;/q2*-1;;;+4/p-2. The second-order valence-corrected chi connectivity index (χ2v) is 15.9. The Kier molecular flexibility index (Phi) is 10.6. The summed E-state index contributed by atoms with van der Waals surface area (Å²) in [6.45, 7) is 11.4. The summed E-state index contributed by atoms with van der Waals surface area (Å²) in [5.41, 5.74) is 10.0. The van der Waals surface area contributed by atoms with Crippen LogP contribution in [0.5, 0.6) is 0 Å². The van der Waals surface area contributed by atoms with Crippen molar-refractivity contribution >= 4 is 47.7 Å². The molecule has 0 N–H and O–H groups in total. The second-order valence-electron chi connectivity index (χ2n) is 10.9. The Morgan fingerprint density at radius 3 is 2.23 bits per heavy atom. The van der Waals surface area contributed by atoms with Crippen molar-refractivity contribution in [2.75, 3.05) is 0 Å².